The highest BCUT2D eigenvalue weighted by molar-refractivity contribution is 7.05. The lowest BCUT2D eigenvalue weighted by Crippen LogP contribution is -2.29. The molecule has 0 aliphatic rings. The third kappa shape index (κ3) is 2.34. The Balaban J connectivity index is 2.27. The van der Waals surface area contributed by atoms with Gasteiger partial charge in [-0.2, -0.15) is 0 Å². The van der Waals surface area contributed by atoms with Crippen molar-refractivity contribution in [2.45, 2.75) is 5.60 Å². The van der Waals surface area contributed by atoms with Gasteiger partial charge in [-0.1, -0.05) is 30.3 Å². The van der Waals surface area contributed by atoms with Crippen LogP contribution in [0.4, 0.5) is 8.78 Å². The molecule has 0 aliphatic heterocycles. The van der Waals surface area contributed by atoms with Gasteiger partial charge in [0.25, 0.3) is 0 Å². The van der Waals surface area contributed by atoms with Crippen molar-refractivity contribution in [1.29, 1.82) is 0 Å². The fourth-order valence-corrected chi connectivity index (χ4v) is 3.01. The van der Waals surface area contributed by atoms with Crippen LogP contribution >= 0.6 is 11.5 Å². The second kappa shape index (κ2) is 5.35. The lowest BCUT2D eigenvalue weighted by Gasteiger charge is -2.28. The summed E-state index contributed by atoms with van der Waals surface area (Å²) in [6.45, 7) is 0. The molecule has 0 fully saturated rings. The first-order chi connectivity index (χ1) is 10.1. The normalized spacial score (nSPS) is 13.9. The third-order valence-corrected chi connectivity index (χ3v) is 4.16. The Morgan fingerprint density at radius 1 is 1.00 bits per heavy atom. The average molecular weight is 303 g/mol. The molecule has 106 valence electrons. The molecule has 0 aliphatic carbocycles. The minimum Gasteiger partial charge on any atom is -0.375 e. The fraction of sp³-hybridized carbons (Fsp3) is 0.0625. The number of nitrogens with zero attached hydrogens (tertiary/aromatic N) is 1. The molecule has 0 spiro atoms. The lowest BCUT2D eigenvalue weighted by molar-refractivity contribution is 0.125. The number of rotatable bonds is 3. The summed E-state index contributed by atoms with van der Waals surface area (Å²) in [5, 5.41) is 11.2. The molecule has 1 unspecified atom stereocenters. The highest BCUT2D eigenvalue weighted by atomic mass is 32.1. The molecule has 0 radical (unpaired) electrons. The Bertz CT molecular complexity index is 746. The number of benzene rings is 2. The van der Waals surface area contributed by atoms with Crippen LogP contribution in [0.2, 0.25) is 0 Å². The van der Waals surface area contributed by atoms with E-state index in [2.05, 4.69) is 4.37 Å². The van der Waals surface area contributed by atoms with Crippen molar-refractivity contribution >= 4 is 11.5 Å². The van der Waals surface area contributed by atoms with Gasteiger partial charge in [0.15, 0.2) is 5.60 Å². The van der Waals surface area contributed by atoms with E-state index in [1.54, 1.807) is 36.4 Å². The van der Waals surface area contributed by atoms with E-state index < -0.39 is 17.2 Å². The number of hydrogen-bond donors (Lipinski definition) is 1. The van der Waals surface area contributed by atoms with Crippen molar-refractivity contribution in [1.82, 2.24) is 4.37 Å². The molecule has 3 aromatic rings. The zero-order valence-corrected chi connectivity index (χ0v) is 11.6. The lowest BCUT2D eigenvalue weighted by atomic mass is 9.84. The van der Waals surface area contributed by atoms with E-state index in [0.29, 0.717) is 10.4 Å². The zero-order valence-electron chi connectivity index (χ0n) is 10.8. The van der Waals surface area contributed by atoms with Gasteiger partial charge in [0.2, 0.25) is 0 Å². The minimum absolute atomic E-state index is 0.000602. The largest absolute Gasteiger partial charge is 0.375 e. The first-order valence-electron chi connectivity index (χ1n) is 6.27. The molecule has 1 N–H and O–H groups in total. The van der Waals surface area contributed by atoms with E-state index in [1.165, 1.54) is 12.3 Å². The second-order valence-electron chi connectivity index (χ2n) is 4.58. The Hall–Kier alpha value is -2.11. The van der Waals surface area contributed by atoms with E-state index in [4.69, 9.17) is 0 Å². The van der Waals surface area contributed by atoms with Gasteiger partial charge in [0.05, 0.1) is 4.88 Å². The number of aliphatic hydroxyl groups is 1. The first kappa shape index (κ1) is 13.9. The summed E-state index contributed by atoms with van der Waals surface area (Å²) in [6.07, 6.45) is 1.54. The van der Waals surface area contributed by atoms with E-state index in [1.807, 2.05) is 0 Å². The Kier molecular flexibility index (Phi) is 3.53. The van der Waals surface area contributed by atoms with Gasteiger partial charge >= 0.3 is 0 Å². The van der Waals surface area contributed by atoms with Gasteiger partial charge in [-0.3, -0.25) is 0 Å². The summed E-state index contributed by atoms with van der Waals surface area (Å²) in [5.74, 6) is -1.48. The van der Waals surface area contributed by atoms with E-state index in [9.17, 15) is 13.9 Å². The summed E-state index contributed by atoms with van der Waals surface area (Å²) in [5.41, 5.74) is -1.20. The molecule has 3 rings (SSSR count). The van der Waals surface area contributed by atoms with Crippen LogP contribution in [0.15, 0.2) is 60.8 Å². The first-order valence-corrected chi connectivity index (χ1v) is 7.04. The van der Waals surface area contributed by atoms with Gasteiger partial charge in [0, 0.05) is 17.8 Å². The molecule has 0 saturated heterocycles. The molecule has 0 bridgehead atoms. The van der Waals surface area contributed by atoms with Gasteiger partial charge in [0.1, 0.15) is 11.6 Å². The summed E-state index contributed by atoms with van der Waals surface area (Å²) in [4.78, 5) is 0.471. The minimum atomic E-state index is -1.69. The highest BCUT2D eigenvalue weighted by Gasteiger charge is 2.37. The predicted octanol–water partition coefficient (Wildman–Crippen LogP) is 3.71. The molecule has 5 heteroatoms. The SMILES string of the molecule is OC(c1ccccc1)(c1ccns1)c1ccc(F)cc1F. The number of aromatic nitrogens is 1. The second-order valence-corrected chi connectivity index (χ2v) is 5.41. The monoisotopic (exact) mass is 303 g/mol. The van der Waals surface area contributed by atoms with Gasteiger partial charge in [-0.25, -0.2) is 13.2 Å². The number of halogens is 2. The van der Waals surface area contributed by atoms with Crippen LogP contribution in [0.25, 0.3) is 0 Å². The van der Waals surface area contributed by atoms with E-state index >= 15 is 0 Å². The molecule has 2 aromatic carbocycles. The number of hydrogen-bond acceptors (Lipinski definition) is 3. The summed E-state index contributed by atoms with van der Waals surface area (Å²) in [7, 11) is 0. The molecule has 1 heterocycles. The molecule has 1 atom stereocenters. The maximum atomic E-state index is 14.2. The van der Waals surface area contributed by atoms with Crippen molar-refractivity contribution in [3.8, 4) is 0 Å². The van der Waals surface area contributed by atoms with Crippen molar-refractivity contribution in [2.24, 2.45) is 0 Å². The quantitative estimate of drug-likeness (QED) is 0.800. The molecule has 0 amide bonds. The molecule has 21 heavy (non-hydrogen) atoms. The van der Waals surface area contributed by atoms with Crippen LogP contribution in [0.3, 0.4) is 0 Å². The average Bonchev–Trinajstić information content (AvgIpc) is 3.02. The van der Waals surface area contributed by atoms with Crippen LogP contribution in [0.5, 0.6) is 0 Å². The van der Waals surface area contributed by atoms with Crippen LogP contribution in [-0.2, 0) is 5.60 Å². The predicted molar refractivity (Wildman–Crippen MR) is 77.0 cm³/mol. The highest BCUT2D eigenvalue weighted by Crippen LogP contribution is 2.39. The summed E-state index contributed by atoms with van der Waals surface area (Å²) in [6, 6.07) is 13.5. The van der Waals surface area contributed by atoms with E-state index in [-0.39, 0.29) is 5.56 Å². The van der Waals surface area contributed by atoms with Crippen LogP contribution in [0.1, 0.15) is 16.0 Å². The topological polar surface area (TPSA) is 33.1 Å². The van der Waals surface area contributed by atoms with Crippen LogP contribution < -0.4 is 0 Å². The molecule has 0 saturated carbocycles. The van der Waals surface area contributed by atoms with Crippen molar-refractivity contribution in [3.63, 3.8) is 0 Å². The van der Waals surface area contributed by atoms with Crippen LogP contribution in [-0.4, -0.2) is 9.48 Å². The van der Waals surface area contributed by atoms with Crippen molar-refractivity contribution in [2.75, 3.05) is 0 Å². The Morgan fingerprint density at radius 2 is 1.76 bits per heavy atom. The fourth-order valence-electron chi connectivity index (χ4n) is 2.30. The smallest absolute Gasteiger partial charge is 0.154 e. The third-order valence-electron chi connectivity index (χ3n) is 3.31. The standard InChI is InChI=1S/C16H11F2NOS/c17-12-6-7-13(14(18)10-12)16(20,15-8-9-19-21-15)11-4-2-1-3-5-11/h1-10,20H. The molecule has 1 aromatic heterocycles. The van der Waals surface area contributed by atoms with Gasteiger partial charge < -0.3 is 5.11 Å². The Labute approximate surface area is 124 Å². The van der Waals surface area contributed by atoms with Gasteiger partial charge in [-0.15, -0.1) is 0 Å². The molecular formula is C16H11F2NOS. The summed E-state index contributed by atoms with van der Waals surface area (Å²) >= 11 is 1.07. The van der Waals surface area contributed by atoms with Gasteiger partial charge in [-0.05, 0) is 35.3 Å². The maximum absolute atomic E-state index is 14.2. The zero-order chi connectivity index (χ0) is 14.9. The maximum Gasteiger partial charge on any atom is 0.154 e. The van der Waals surface area contributed by atoms with Crippen molar-refractivity contribution < 1.29 is 13.9 Å². The molecular weight excluding hydrogens is 292 g/mol. The van der Waals surface area contributed by atoms with Crippen LogP contribution in [0, 0.1) is 11.6 Å². The molecule has 2 nitrogen and oxygen atoms in total. The Morgan fingerprint density at radius 3 is 2.38 bits per heavy atom. The summed E-state index contributed by atoms with van der Waals surface area (Å²) < 4.78 is 31.3. The van der Waals surface area contributed by atoms with E-state index in [0.717, 1.165) is 23.7 Å². The van der Waals surface area contributed by atoms with Crippen molar-refractivity contribution in [3.05, 3.63) is 88.4 Å².